The van der Waals surface area contributed by atoms with Crippen molar-refractivity contribution in [1.29, 1.82) is 0 Å². The number of hydrogen-bond donors (Lipinski definition) is 2. The second-order valence-electron chi connectivity index (χ2n) is 3.92. The number of β-amino-alcohol motifs (C(OH)–C–C–N with tert-alkyl or cyclic N) is 2. The predicted molar refractivity (Wildman–Crippen MR) is 61.4 cm³/mol. The van der Waals surface area contributed by atoms with Crippen LogP contribution in [0, 0.1) is 0 Å². The van der Waals surface area contributed by atoms with Gasteiger partial charge in [-0.05, 0) is 11.6 Å². The highest BCUT2D eigenvalue weighted by atomic mass is 79.9. The largest absolute Gasteiger partial charge is 0.389 e. The topological polar surface area (TPSA) is 43.7 Å². The molecule has 2 unspecified atom stereocenters. The standard InChI is InChI=1S/C11H14BrNO2/c12-9-4-2-1-3-8(9)5-13-6-10(14)11(15)7-13/h1-4,10-11,14-15H,5-7H2. The SMILES string of the molecule is OC1CN(Cc2ccccc2Br)CC1O. The second-order valence-corrected chi connectivity index (χ2v) is 4.77. The molecule has 3 nitrogen and oxygen atoms in total. The minimum Gasteiger partial charge on any atom is -0.389 e. The molecule has 2 N–H and O–H groups in total. The minimum atomic E-state index is -0.604. The summed E-state index contributed by atoms with van der Waals surface area (Å²) in [6.07, 6.45) is -1.21. The summed E-state index contributed by atoms with van der Waals surface area (Å²) in [7, 11) is 0. The van der Waals surface area contributed by atoms with Crippen LogP contribution in [0.2, 0.25) is 0 Å². The smallest absolute Gasteiger partial charge is 0.0938 e. The van der Waals surface area contributed by atoms with Crippen LogP contribution in [0.4, 0.5) is 0 Å². The van der Waals surface area contributed by atoms with Crippen LogP contribution >= 0.6 is 15.9 Å². The first kappa shape index (κ1) is 11.1. The monoisotopic (exact) mass is 271 g/mol. The summed E-state index contributed by atoms with van der Waals surface area (Å²) < 4.78 is 1.07. The van der Waals surface area contributed by atoms with Crippen molar-refractivity contribution in [3.05, 3.63) is 34.3 Å². The first-order valence-corrected chi connectivity index (χ1v) is 5.78. The fraction of sp³-hybridized carbons (Fsp3) is 0.455. The van der Waals surface area contributed by atoms with Crippen molar-refractivity contribution >= 4 is 15.9 Å². The van der Waals surface area contributed by atoms with Crippen molar-refractivity contribution < 1.29 is 10.2 Å². The molecule has 0 radical (unpaired) electrons. The van der Waals surface area contributed by atoms with Gasteiger partial charge >= 0.3 is 0 Å². The van der Waals surface area contributed by atoms with Gasteiger partial charge in [-0.25, -0.2) is 0 Å². The highest BCUT2D eigenvalue weighted by Gasteiger charge is 2.29. The van der Waals surface area contributed by atoms with Crippen molar-refractivity contribution in [3.8, 4) is 0 Å². The molecule has 4 heteroatoms. The van der Waals surface area contributed by atoms with E-state index in [1.54, 1.807) is 0 Å². The Kier molecular flexibility index (Phi) is 3.41. The lowest BCUT2D eigenvalue weighted by Crippen LogP contribution is -2.22. The summed E-state index contributed by atoms with van der Waals surface area (Å²) in [6, 6.07) is 8.00. The number of hydrogen-bond acceptors (Lipinski definition) is 3. The Morgan fingerprint density at radius 2 is 1.80 bits per heavy atom. The van der Waals surface area contributed by atoms with E-state index in [9.17, 15) is 10.2 Å². The van der Waals surface area contributed by atoms with E-state index in [0.717, 1.165) is 11.0 Å². The maximum Gasteiger partial charge on any atom is 0.0938 e. The average Bonchev–Trinajstić information content (AvgIpc) is 2.50. The normalized spacial score (nSPS) is 27.1. The molecular formula is C11H14BrNO2. The van der Waals surface area contributed by atoms with Crippen molar-refractivity contribution in [2.45, 2.75) is 18.8 Å². The van der Waals surface area contributed by atoms with Crippen LogP contribution < -0.4 is 0 Å². The van der Waals surface area contributed by atoms with Gasteiger partial charge in [0, 0.05) is 24.1 Å². The molecule has 1 aliphatic heterocycles. The van der Waals surface area contributed by atoms with Crippen LogP contribution in [0.1, 0.15) is 5.56 Å². The predicted octanol–water partition coefficient (Wildman–Crippen LogP) is 0.986. The summed E-state index contributed by atoms with van der Waals surface area (Å²) >= 11 is 3.48. The van der Waals surface area contributed by atoms with Gasteiger partial charge in [0.25, 0.3) is 0 Å². The summed E-state index contributed by atoms with van der Waals surface area (Å²) in [6.45, 7) is 1.85. The molecule has 0 aromatic heterocycles. The number of nitrogens with zero attached hydrogens (tertiary/aromatic N) is 1. The molecule has 2 atom stereocenters. The zero-order valence-corrected chi connectivity index (χ0v) is 9.89. The lowest BCUT2D eigenvalue weighted by Gasteiger charge is -2.15. The molecular weight excluding hydrogens is 258 g/mol. The summed E-state index contributed by atoms with van der Waals surface area (Å²) in [5.41, 5.74) is 1.18. The van der Waals surface area contributed by atoms with Gasteiger partial charge in [-0.15, -0.1) is 0 Å². The number of likely N-dealkylation sites (tertiary alicyclic amines) is 1. The molecule has 0 spiro atoms. The molecule has 1 aromatic carbocycles. The zero-order chi connectivity index (χ0) is 10.8. The Morgan fingerprint density at radius 3 is 2.40 bits per heavy atom. The molecule has 1 aromatic rings. The van der Waals surface area contributed by atoms with Crippen LogP contribution in [-0.2, 0) is 6.54 Å². The molecule has 82 valence electrons. The zero-order valence-electron chi connectivity index (χ0n) is 8.31. The molecule has 15 heavy (non-hydrogen) atoms. The van der Waals surface area contributed by atoms with Crippen molar-refractivity contribution in [3.63, 3.8) is 0 Å². The molecule has 0 bridgehead atoms. The molecule has 0 amide bonds. The first-order valence-electron chi connectivity index (χ1n) is 4.98. The van der Waals surface area contributed by atoms with Crippen molar-refractivity contribution in [2.75, 3.05) is 13.1 Å². The number of benzene rings is 1. The highest BCUT2D eigenvalue weighted by molar-refractivity contribution is 9.10. The maximum absolute atomic E-state index is 9.41. The summed E-state index contributed by atoms with van der Waals surface area (Å²) in [5.74, 6) is 0. The molecule has 0 saturated carbocycles. The van der Waals surface area contributed by atoms with E-state index in [1.807, 2.05) is 24.3 Å². The van der Waals surface area contributed by atoms with Crippen LogP contribution in [0.5, 0.6) is 0 Å². The third-order valence-electron chi connectivity index (χ3n) is 2.69. The molecule has 0 aliphatic carbocycles. The van der Waals surface area contributed by atoms with Crippen LogP contribution in [0.25, 0.3) is 0 Å². The first-order chi connectivity index (χ1) is 7.16. The van der Waals surface area contributed by atoms with E-state index < -0.39 is 12.2 Å². The van der Waals surface area contributed by atoms with Crippen molar-refractivity contribution in [2.24, 2.45) is 0 Å². The van der Waals surface area contributed by atoms with Gasteiger partial charge in [-0.3, -0.25) is 4.90 Å². The fourth-order valence-corrected chi connectivity index (χ4v) is 2.25. The Morgan fingerprint density at radius 1 is 1.20 bits per heavy atom. The lowest BCUT2D eigenvalue weighted by atomic mass is 10.2. The number of aliphatic hydroxyl groups is 2. The number of rotatable bonds is 2. The number of aliphatic hydroxyl groups excluding tert-OH is 2. The Balaban J connectivity index is 2.01. The van der Waals surface area contributed by atoms with Gasteiger partial charge in [0.15, 0.2) is 0 Å². The minimum absolute atomic E-state index is 0.544. The lowest BCUT2D eigenvalue weighted by molar-refractivity contribution is 0.0572. The third kappa shape index (κ3) is 2.58. The van der Waals surface area contributed by atoms with E-state index in [0.29, 0.717) is 13.1 Å². The quantitative estimate of drug-likeness (QED) is 0.843. The summed E-state index contributed by atoms with van der Waals surface area (Å²) in [4.78, 5) is 2.05. The van der Waals surface area contributed by atoms with Gasteiger partial charge in [-0.1, -0.05) is 34.1 Å². The van der Waals surface area contributed by atoms with Gasteiger partial charge < -0.3 is 10.2 Å². The Hall–Kier alpha value is -0.420. The van der Waals surface area contributed by atoms with Gasteiger partial charge in [0.2, 0.25) is 0 Å². The van der Waals surface area contributed by atoms with Crippen LogP contribution in [0.3, 0.4) is 0 Å². The average molecular weight is 272 g/mol. The molecule has 1 fully saturated rings. The van der Waals surface area contributed by atoms with Crippen LogP contribution in [0.15, 0.2) is 28.7 Å². The van der Waals surface area contributed by atoms with E-state index in [4.69, 9.17) is 0 Å². The summed E-state index contributed by atoms with van der Waals surface area (Å²) in [5, 5.41) is 18.8. The van der Waals surface area contributed by atoms with Crippen LogP contribution in [-0.4, -0.2) is 40.4 Å². The third-order valence-corrected chi connectivity index (χ3v) is 3.46. The van der Waals surface area contributed by atoms with E-state index in [-0.39, 0.29) is 0 Å². The maximum atomic E-state index is 9.41. The van der Waals surface area contributed by atoms with Gasteiger partial charge in [0.1, 0.15) is 0 Å². The van der Waals surface area contributed by atoms with E-state index in [2.05, 4.69) is 20.8 Å². The fourth-order valence-electron chi connectivity index (χ4n) is 1.84. The highest BCUT2D eigenvalue weighted by Crippen LogP contribution is 2.20. The van der Waals surface area contributed by atoms with Crippen molar-refractivity contribution in [1.82, 2.24) is 4.90 Å². The molecule has 1 heterocycles. The molecule has 1 aliphatic rings. The van der Waals surface area contributed by atoms with E-state index >= 15 is 0 Å². The van der Waals surface area contributed by atoms with Gasteiger partial charge in [0.05, 0.1) is 12.2 Å². The molecule has 2 rings (SSSR count). The number of halogens is 1. The molecule has 1 saturated heterocycles. The second kappa shape index (κ2) is 4.61. The van der Waals surface area contributed by atoms with Gasteiger partial charge in [-0.2, -0.15) is 0 Å². The van der Waals surface area contributed by atoms with E-state index in [1.165, 1.54) is 5.56 Å². The Bertz CT molecular complexity index is 335. The Labute approximate surface area is 97.5 Å².